The molecule has 0 aromatic carbocycles. The molecule has 0 radical (unpaired) electrons. The van der Waals surface area contributed by atoms with E-state index in [1.54, 1.807) is 6.07 Å². The normalized spacial score (nSPS) is 16.9. The second-order valence-corrected chi connectivity index (χ2v) is 10.2. The zero-order chi connectivity index (χ0) is 19.2. The average Bonchev–Trinajstić information content (AvgIpc) is 3.02. The molecule has 148 valence electrons. The van der Waals surface area contributed by atoms with Gasteiger partial charge in [-0.1, -0.05) is 11.6 Å². The summed E-state index contributed by atoms with van der Waals surface area (Å²) in [7, 11) is -3.49. The van der Waals surface area contributed by atoms with E-state index in [0.29, 0.717) is 43.7 Å². The molecule has 1 amide bonds. The van der Waals surface area contributed by atoms with Gasteiger partial charge in [0, 0.05) is 39.3 Å². The van der Waals surface area contributed by atoms with Gasteiger partial charge in [-0.25, -0.2) is 8.42 Å². The number of ether oxygens (including phenoxy) is 1. The minimum absolute atomic E-state index is 0.0455. The maximum Gasteiger partial charge on any atom is 0.252 e. The Hall–Kier alpha value is -0.710. The second-order valence-electron chi connectivity index (χ2n) is 6.36. The Morgan fingerprint density at radius 1 is 1.31 bits per heavy atom. The van der Waals surface area contributed by atoms with Crippen molar-refractivity contribution in [3.8, 4) is 0 Å². The predicted molar refractivity (Wildman–Crippen MR) is 103 cm³/mol. The Bertz CT molecular complexity index is 685. The molecule has 0 aliphatic carbocycles. The lowest BCUT2D eigenvalue weighted by atomic mass is 10.3. The van der Waals surface area contributed by atoms with E-state index in [9.17, 15) is 13.2 Å². The standard InChI is InChI=1S/C16H26ClN3O4S2/c1-13(2)24-11-3-6-18-15(21)12-19-7-9-20(10-8-19)26(22,23)16-5-4-14(17)25-16/h4-5,13H,3,6-12H2,1-2H3,(H,18,21). The SMILES string of the molecule is CC(C)OCCCNC(=O)CN1CCN(S(=O)(=O)c2ccc(Cl)s2)CC1. The Balaban J connectivity index is 1.70. The van der Waals surface area contributed by atoms with E-state index >= 15 is 0 Å². The first-order valence-electron chi connectivity index (χ1n) is 8.65. The predicted octanol–water partition coefficient (Wildman–Crippen LogP) is 1.64. The second kappa shape index (κ2) is 10.0. The van der Waals surface area contributed by atoms with E-state index in [-0.39, 0.29) is 22.8 Å². The van der Waals surface area contributed by atoms with Crippen LogP contribution in [0, 0.1) is 0 Å². The highest BCUT2D eigenvalue weighted by atomic mass is 35.5. The number of nitrogens with one attached hydrogen (secondary N) is 1. The van der Waals surface area contributed by atoms with E-state index in [1.165, 1.54) is 10.4 Å². The molecular formula is C16H26ClN3O4S2. The maximum absolute atomic E-state index is 12.5. The molecule has 0 bridgehead atoms. The molecule has 0 spiro atoms. The Labute approximate surface area is 164 Å². The third kappa shape index (κ3) is 6.47. The van der Waals surface area contributed by atoms with Gasteiger partial charge in [-0.15, -0.1) is 11.3 Å². The number of hydrogen-bond donors (Lipinski definition) is 1. The number of nitrogens with zero attached hydrogens (tertiary/aromatic N) is 2. The zero-order valence-corrected chi connectivity index (χ0v) is 17.5. The van der Waals surface area contributed by atoms with Crippen molar-refractivity contribution in [2.45, 2.75) is 30.6 Å². The molecule has 1 fully saturated rings. The molecule has 10 heteroatoms. The number of rotatable bonds is 9. The summed E-state index contributed by atoms with van der Waals surface area (Å²) in [5.74, 6) is -0.0455. The fourth-order valence-electron chi connectivity index (χ4n) is 2.57. The number of sulfonamides is 1. The summed E-state index contributed by atoms with van der Waals surface area (Å²) in [6.45, 7) is 7.24. The molecule has 1 aliphatic heterocycles. The van der Waals surface area contributed by atoms with Gasteiger partial charge in [0.15, 0.2) is 0 Å². The van der Waals surface area contributed by atoms with Crippen LogP contribution in [-0.2, 0) is 19.6 Å². The number of thiophene rings is 1. The van der Waals surface area contributed by atoms with E-state index in [2.05, 4.69) is 5.32 Å². The smallest absolute Gasteiger partial charge is 0.252 e. The first-order chi connectivity index (χ1) is 12.3. The summed E-state index contributed by atoms with van der Waals surface area (Å²) in [4.78, 5) is 13.9. The fraction of sp³-hybridized carbons (Fsp3) is 0.688. The Kier molecular flexibility index (Phi) is 8.31. The molecule has 1 aromatic rings. The van der Waals surface area contributed by atoms with Gasteiger partial charge in [0.1, 0.15) is 4.21 Å². The van der Waals surface area contributed by atoms with Crippen molar-refractivity contribution in [3.63, 3.8) is 0 Å². The molecule has 2 heterocycles. The lowest BCUT2D eigenvalue weighted by Crippen LogP contribution is -2.51. The van der Waals surface area contributed by atoms with Crippen LogP contribution in [0.25, 0.3) is 0 Å². The lowest BCUT2D eigenvalue weighted by molar-refractivity contribution is -0.122. The summed E-state index contributed by atoms with van der Waals surface area (Å²) in [5, 5.41) is 2.87. The number of piperazine rings is 1. The van der Waals surface area contributed by atoms with Crippen molar-refractivity contribution < 1.29 is 17.9 Å². The summed E-state index contributed by atoms with van der Waals surface area (Å²) in [6, 6.07) is 3.12. The molecule has 1 aliphatic rings. The van der Waals surface area contributed by atoms with E-state index < -0.39 is 10.0 Å². The average molecular weight is 424 g/mol. The van der Waals surface area contributed by atoms with Crippen molar-refractivity contribution in [3.05, 3.63) is 16.5 Å². The number of carbonyl (C=O) groups excluding carboxylic acids is 1. The Morgan fingerprint density at radius 2 is 2.00 bits per heavy atom. The highest BCUT2D eigenvalue weighted by molar-refractivity contribution is 7.91. The van der Waals surface area contributed by atoms with Crippen LogP contribution >= 0.6 is 22.9 Å². The molecule has 26 heavy (non-hydrogen) atoms. The maximum atomic E-state index is 12.5. The zero-order valence-electron chi connectivity index (χ0n) is 15.1. The van der Waals surface area contributed by atoms with Crippen LogP contribution in [0.5, 0.6) is 0 Å². The highest BCUT2D eigenvalue weighted by Crippen LogP contribution is 2.28. The van der Waals surface area contributed by atoms with Crippen LogP contribution < -0.4 is 5.32 Å². The van der Waals surface area contributed by atoms with E-state index in [4.69, 9.17) is 16.3 Å². The molecule has 1 saturated heterocycles. The van der Waals surface area contributed by atoms with Gasteiger partial charge in [-0.3, -0.25) is 9.69 Å². The molecule has 7 nitrogen and oxygen atoms in total. The number of amides is 1. The number of hydrogen-bond acceptors (Lipinski definition) is 6. The van der Waals surface area contributed by atoms with E-state index in [1.807, 2.05) is 18.7 Å². The van der Waals surface area contributed by atoms with Gasteiger partial charge in [0.2, 0.25) is 5.91 Å². The van der Waals surface area contributed by atoms with Gasteiger partial charge >= 0.3 is 0 Å². The molecule has 0 atom stereocenters. The molecule has 0 unspecified atom stereocenters. The number of carbonyl (C=O) groups is 1. The van der Waals surface area contributed by atoms with Crippen molar-refractivity contribution in [1.29, 1.82) is 0 Å². The third-order valence-electron chi connectivity index (χ3n) is 3.94. The van der Waals surface area contributed by atoms with Crippen molar-refractivity contribution in [2.75, 3.05) is 45.9 Å². The van der Waals surface area contributed by atoms with Gasteiger partial charge in [-0.05, 0) is 32.4 Å². The molecular weight excluding hydrogens is 398 g/mol. The molecule has 2 rings (SSSR count). The largest absolute Gasteiger partial charge is 0.379 e. The van der Waals surface area contributed by atoms with E-state index in [0.717, 1.165) is 17.8 Å². The van der Waals surface area contributed by atoms with Crippen LogP contribution in [0.1, 0.15) is 20.3 Å². The topological polar surface area (TPSA) is 79.0 Å². The third-order valence-corrected chi connectivity index (χ3v) is 7.53. The summed E-state index contributed by atoms with van der Waals surface area (Å²) in [6.07, 6.45) is 0.975. The lowest BCUT2D eigenvalue weighted by Gasteiger charge is -2.33. The number of halogens is 1. The Morgan fingerprint density at radius 3 is 2.58 bits per heavy atom. The van der Waals surface area contributed by atoms with Crippen LogP contribution in [0.2, 0.25) is 4.34 Å². The van der Waals surface area contributed by atoms with Gasteiger partial charge in [0.05, 0.1) is 17.0 Å². The quantitative estimate of drug-likeness (QED) is 0.611. The highest BCUT2D eigenvalue weighted by Gasteiger charge is 2.30. The van der Waals surface area contributed by atoms with Crippen molar-refractivity contribution in [2.24, 2.45) is 0 Å². The molecule has 1 aromatic heterocycles. The monoisotopic (exact) mass is 423 g/mol. The molecule has 0 saturated carbocycles. The fourth-order valence-corrected chi connectivity index (χ4v) is 5.63. The van der Waals surface area contributed by atoms with Crippen molar-refractivity contribution >= 4 is 38.9 Å². The van der Waals surface area contributed by atoms with Crippen molar-refractivity contribution in [1.82, 2.24) is 14.5 Å². The minimum atomic E-state index is -3.49. The molecule has 1 N–H and O–H groups in total. The first-order valence-corrected chi connectivity index (χ1v) is 11.3. The van der Waals surface area contributed by atoms with Gasteiger partial charge in [0.25, 0.3) is 10.0 Å². The minimum Gasteiger partial charge on any atom is -0.379 e. The van der Waals surface area contributed by atoms with Gasteiger partial charge in [-0.2, -0.15) is 4.31 Å². The van der Waals surface area contributed by atoms with Gasteiger partial charge < -0.3 is 10.1 Å². The van der Waals surface area contributed by atoms with Crippen LogP contribution in [0.4, 0.5) is 0 Å². The van der Waals surface area contributed by atoms with Crippen LogP contribution in [0.3, 0.4) is 0 Å². The summed E-state index contributed by atoms with van der Waals surface area (Å²) in [5.41, 5.74) is 0. The summed E-state index contributed by atoms with van der Waals surface area (Å²) >= 11 is 6.90. The van der Waals surface area contributed by atoms with Crippen LogP contribution in [0.15, 0.2) is 16.3 Å². The first kappa shape index (κ1) is 21.6. The summed E-state index contributed by atoms with van der Waals surface area (Å²) < 4.78 is 32.7. The van der Waals surface area contributed by atoms with Crippen LogP contribution in [-0.4, -0.2) is 75.5 Å².